The summed E-state index contributed by atoms with van der Waals surface area (Å²) in [6.45, 7) is 4.67. The second kappa shape index (κ2) is 7.12. The summed E-state index contributed by atoms with van der Waals surface area (Å²) >= 11 is 0. The lowest BCUT2D eigenvalue weighted by Crippen LogP contribution is -2.48. The van der Waals surface area contributed by atoms with E-state index in [1.807, 2.05) is 31.2 Å². The van der Waals surface area contributed by atoms with Gasteiger partial charge in [-0.15, -0.1) is 0 Å². The number of aromatic amines is 1. The number of para-hydroxylation sites is 1. The molecule has 0 saturated carbocycles. The first-order valence-corrected chi connectivity index (χ1v) is 9.74. The molecule has 30 heavy (non-hydrogen) atoms. The molecule has 0 saturated heterocycles. The Bertz CT molecular complexity index is 1110. The summed E-state index contributed by atoms with van der Waals surface area (Å²) in [5, 5.41) is 12.0. The van der Waals surface area contributed by atoms with Gasteiger partial charge in [0.25, 0.3) is 5.69 Å². The van der Waals surface area contributed by atoms with Crippen LogP contribution in [-0.4, -0.2) is 33.1 Å². The standard InChI is InChI=1S/C22H22F3N3O2/c1-12-8-15-14-6-4-5-7-18(14)26-20(15)21(27(12)11-22(2,3)25)19-16(23)9-13(28(29)30)10-17(19)24/h4-7,9-10,12,21,26H,8,11H2,1-3H3/t12-,21-/m1/s1. The van der Waals surface area contributed by atoms with Crippen molar-refractivity contribution in [3.63, 3.8) is 0 Å². The smallest absolute Gasteiger partial charge is 0.275 e. The van der Waals surface area contributed by atoms with Gasteiger partial charge < -0.3 is 4.98 Å². The summed E-state index contributed by atoms with van der Waals surface area (Å²) in [5.74, 6) is -2.04. The molecule has 0 aliphatic carbocycles. The van der Waals surface area contributed by atoms with Crippen molar-refractivity contribution >= 4 is 16.6 Å². The summed E-state index contributed by atoms with van der Waals surface area (Å²) in [7, 11) is 0. The highest BCUT2D eigenvalue weighted by molar-refractivity contribution is 5.85. The number of rotatable bonds is 4. The maximum Gasteiger partial charge on any atom is 0.275 e. The molecule has 1 aromatic heterocycles. The highest BCUT2D eigenvalue weighted by atomic mass is 19.1. The number of halogens is 3. The minimum absolute atomic E-state index is 0.0521. The molecular weight excluding hydrogens is 395 g/mol. The van der Waals surface area contributed by atoms with E-state index in [1.54, 1.807) is 4.90 Å². The molecule has 158 valence electrons. The third kappa shape index (κ3) is 3.45. The average Bonchev–Trinajstić information content (AvgIpc) is 3.00. The average molecular weight is 417 g/mol. The second-order valence-corrected chi connectivity index (χ2v) is 8.49. The molecule has 0 bridgehead atoms. The van der Waals surface area contributed by atoms with Crippen LogP contribution < -0.4 is 0 Å². The van der Waals surface area contributed by atoms with Gasteiger partial charge in [-0.1, -0.05) is 18.2 Å². The van der Waals surface area contributed by atoms with E-state index in [9.17, 15) is 14.5 Å². The number of non-ortho nitro benzene ring substituents is 1. The van der Waals surface area contributed by atoms with E-state index < -0.39 is 34.0 Å². The number of H-pyrrole nitrogens is 1. The van der Waals surface area contributed by atoms with E-state index in [0.29, 0.717) is 12.1 Å². The highest BCUT2D eigenvalue weighted by Gasteiger charge is 2.41. The number of nitrogens with zero attached hydrogens (tertiary/aromatic N) is 2. The van der Waals surface area contributed by atoms with E-state index in [4.69, 9.17) is 0 Å². The Balaban J connectivity index is 1.97. The highest BCUT2D eigenvalue weighted by Crippen LogP contribution is 2.43. The molecule has 8 heteroatoms. The minimum atomic E-state index is -1.61. The van der Waals surface area contributed by atoms with Crippen molar-refractivity contribution in [1.29, 1.82) is 0 Å². The molecular formula is C22H22F3N3O2. The Morgan fingerprint density at radius 1 is 1.23 bits per heavy atom. The molecule has 1 N–H and O–H groups in total. The van der Waals surface area contributed by atoms with Crippen molar-refractivity contribution in [2.75, 3.05) is 6.54 Å². The maximum atomic E-state index is 15.1. The first-order valence-electron chi connectivity index (χ1n) is 9.74. The van der Waals surface area contributed by atoms with Gasteiger partial charge in [-0.2, -0.15) is 0 Å². The number of fused-ring (bicyclic) bond motifs is 3. The molecule has 3 aromatic rings. The van der Waals surface area contributed by atoms with Crippen molar-refractivity contribution < 1.29 is 18.1 Å². The molecule has 2 aromatic carbocycles. The predicted molar refractivity (Wildman–Crippen MR) is 108 cm³/mol. The van der Waals surface area contributed by atoms with E-state index in [1.165, 1.54) is 13.8 Å². The second-order valence-electron chi connectivity index (χ2n) is 8.49. The van der Waals surface area contributed by atoms with Gasteiger partial charge in [0.15, 0.2) is 0 Å². The summed E-state index contributed by atoms with van der Waals surface area (Å²) < 4.78 is 44.8. The van der Waals surface area contributed by atoms with Crippen LogP contribution in [0, 0.1) is 21.7 Å². The van der Waals surface area contributed by atoms with Crippen LogP contribution in [0.1, 0.15) is 43.6 Å². The summed E-state index contributed by atoms with van der Waals surface area (Å²) in [4.78, 5) is 15.2. The quantitative estimate of drug-likeness (QED) is 0.454. The van der Waals surface area contributed by atoms with E-state index >= 15 is 8.78 Å². The number of aromatic nitrogens is 1. The van der Waals surface area contributed by atoms with Crippen LogP contribution in [0.5, 0.6) is 0 Å². The third-order valence-corrected chi connectivity index (χ3v) is 5.62. The lowest BCUT2D eigenvalue weighted by atomic mass is 9.87. The molecule has 0 spiro atoms. The van der Waals surface area contributed by atoms with Crippen LogP contribution in [0.4, 0.5) is 18.9 Å². The summed E-state index contributed by atoms with van der Waals surface area (Å²) in [6, 6.07) is 7.86. The Morgan fingerprint density at radius 3 is 2.47 bits per heavy atom. The fourth-order valence-corrected chi connectivity index (χ4v) is 4.44. The van der Waals surface area contributed by atoms with Gasteiger partial charge in [0.1, 0.15) is 17.3 Å². The summed E-state index contributed by atoms with van der Waals surface area (Å²) in [6.07, 6.45) is 0.585. The molecule has 2 atom stereocenters. The van der Waals surface area contributed by atoms with E-state index in [0.717, 1.165) is 28.6 Å². The SMILES string of the molecule is C[C@@H]1Cc2c([nH]c3ccccc23)[C@@H](c2c(F)cc([N+](=O)[O-])cc2F)N1CC(C)(C)F. The van der Waals surface area contributed by atoms with Crippen molar-refractivity contribution in [1.82, 2.24) is 9.88 Å². The van der Waals surface area contributed by atoms with Crippen molar-refractivity contribution in [2.24, 2.45) is 0 Å². The van der Waals surface area contributed by atoms with Crippen LogP contribution in [0.25, 0.3) is 10.9 Å². The zero-order valence-corrected chi connectivity index (χ0v) is 16.9. The Morgan fingerprint density at radius 2 is 1.87 bits per heavy atom. The molecule has 0 radical (unpaired) electrons. The number of nitro benzene ring substituents is 1. The maximum absolute atomic E-state index is 15.1. The fourth-order valence-electron chi connectivity index (χ4n) is 4.44. The minimum Gasteiger partial charge on any atom is -0.357 e. The first kappa shape index (κ1) is 20.4. The van der Waals surface area contributed by atoms with Crippen LogP contribution in [0.2, 0.25) is 0 Å². The third-order valence-electron chi connectivity index (χ3n) is 5.62. The zero-order chi connectivity index (χ0) is 21.8. The Hall–Kier alpha value is -2.87. The van der Waals surface area contributed by atoms with Crippen molar-refractivity contribution in [3.8, 4) is 0 Å². The van der Waals surface area contributed by atoms with Crippen LogP contribution in [0.3, 0.4) is 0 Å². The van der Waals surface area contributed by atoms with E-state index in [-0.39, 0.29) is 18.2 Å². The van der Waals surface area contributed by atoms with Gasteiger partial charge in [0.2, 0.25) is 0 Å². The molecule has 4 rings (SSSR count). The normalized spacial score (nSPS) is 19.8. The first-order chi connectivity index (χ1) is 14.1. The molecule has 1 aliphatic heterocycles. The number of hydrogen-bond acceptors (Lipinski definition) is 3. The predicted octanol–water partition coefficient (Wildman–Crippen LogP) is 5.44. The lowest BCUT2D eigenvalue weighted by molar-refractivity contribution is -0.385. The number of benzene rings is 2. The van der Waals surface area contributed by atoms with Gasteiger partial charge in [0.05, 0.1) is 23.1 Å². The van der Waals surface area contributed by atoms with Crippen LogP contribution in [0.15, 0.2) is 36.4 Å². The largest absolute Gasteiger partial charge is 0.357 e. The zero-order valence-electron chi connectivity index (χ0n) is 16.9. The van der Waals surface area contributed by atoms with Gasteiger partial charge in [0, 0.05) is 34.7 Å². The Labute approximate surface area is 171 Å². The number of hydrogen-bond donors (Lipinski definition) is 1. The topological polar surface area (TPSA) is 62.2 Å². The van der Waals surface area contributed by atoms with Crippen LogP contribution >= 0.6 is 0 Å². The number of nitro groups is 1. The van der Waals surface area contributed by atoms with Gasteiger partial charge >= 0.3 is 0 Å². The number of nitrogens with one attached hydrogen (secondary N) is 1. The molecule has 0 amide bonds. The van der Waals surface area contributed by atoms with Gasteiger partial charge in [-0.3, -0.25) is 15.0 Å². The number of alkyl halides is 1. The van der Waals surface area contributed by atoms with Gasteiger partial charge in [-0.25, -0.2) is 13.2 Å². The fraction of sp³-hybridized carbons (Fsp3) is 0.364. The molecule has 1 aliphatic rings. The van der Waals surface area contributed by atoms with Crippen LogP contribution in [-0.2, 0) is 6.42 Å². The molecule has 5 nitrogen and oxygen atoms in total. The summed E-state index contributed by atoms with van der Waals surface area (Å²) in [5.41, 5.74) is -0.248. The molecule has 0 fully saturated rings. The van der Waals surface area contributed by atoms with Crippen molar-refractivity contribution in [2.45, 2.75) is 44.9 Å². The molecule has 2 heterocycles. The van der Waals surface area contributed by atoms with Crippen molar-refractivity contribution in [3.05, 3.63) is 75.0 Å². The molecule has 0 unspecified atom stereocenters. The Kier molecular flexibility index (Phi) is 4.85. The van der Waals surface area contributed by atoms with E-state index in [2.05, 4.69) is 4.98 Å². The monoisotopic (exact) mass is 417 g/mol. The lowest BCUT2D eigenvalue weighted by Gasteiger charge is -2.43. The van der Waals surface area contributed by atoms with Gasteiger partial charge in [-0.05, 0) is 38.8 Å².